The number of para-hydroxylation sites is 2. The van der Waals surface area contributed by atoms with E-state index in [0.717, 1.165) is 101 Å². The summed E-state index contributed by atoms with van der Waals surface area (Å²) >= 11 is 0. The van der Waals surface area contributed by atoms with Crippen molar-refractivity contribution in [2.75, 3.05) is 0 Å². The number of phenolic OH excluding ortho intramolecular Hbond substituents is 1. The van der Waals surface area contributed by atoms with Crippen LogP contribution in [0.2, 0.25) is 0 Å². The number of hydrogen-bond acceptors (Lipinski definition) is 5. The van der Waals surface area contributed by atoms with E-state index in [4.69, 9.17) is 18.9 Å². The van der Waals surface area contributed by atoms with Crippen molar-refractivity contribution in [1.29, 1.82) is 0 Å². The van der Waals surface area contributed by atoms with E-state index in [-0.39, 0.29) is 17.6 Å². The highest BCUT2D eigenvalue weighted by molar-refractivity contribution is 5.98. The lowest BCUT2D eigenvalue weighted by molar-refractivity contribution is 0.455. The molecule has 0 aromatic heterocycles. The average molecular weight is 1160 g/mol. The van der Waals surface area contributed by atoms with Crippen LogP contribution in [-0.2, 0) is 6.42 Å². The van der Waals surface area contributed by atoms with E-state index in [9.17, 15) is 5.11 Å². The van der Waals surface area contributed by atoms with E-state index < -0.39 is 0 Å². The molecule has 17 rings (SSSR count). The molecule has 0 bridgehead atoms. The van der Waals surface area contributed by atoms with Gasteiger partial charge in [-0.15, -0.1) is 0 Å². The highest BCUT2D eigenvalue weighted by Gasteiger charge is 2.34. The molecule has 5 heteroatoms. The standard InChI is InChI=1S/C45H30O3.C40H28O2/c1-4-10-30(11-5-1)31-16-18-32(19-17-31)43-44-39-24-22-37(46-35-12-6-2-7-13-35)28-33(39)20-26-41(44)48-42-27-21-34-29-38(23-25-40(34)45(42)43)47-36-14-8-3-9-15-36;41-33-18-20-35-32(25-33)17-22-37-40(35)38(30-14-12-29(13-15-30)28-9-5-2-6-10-28)39-34-19-11-27(23-26-7-3-1-4-8-26)24-31(34)16-21-36(39)42-37/h1-29,43H;1-22,24-25,38,41H,23H2. The Kier molecular flexibility index (Phi) is 13.9. The fourth-order valence-corrected chi connectivity index (χ4v) is 13.4. The van der Waals surface area contributed by atoms with E-state index in [1.807, 2.05) is 91.0 Å². The lowest BCUT2D eigenvalue weighted by atomic mass is 9.78. The number of hydrogen-bond donors (Lipinski definition) is 1. The molecule has 0 aliphatic carbocycles. The van der Waals surface area contributed by atoms with Crippen molar-refractivity contribution >= 4 is 43.1 Å². The van der Waals surface area contributed by atoms with Gasteiger partial charge in [-0.3, -0.25) is 0 Å². The molecular weight excluding hydrogens is 1100 g/mol. The number of benzene rings is 15. The van der Waals surface area contributed by atoms with E-state index in [1.165, 1.54) is 60.8 Å². The van der Waals surface area contributed by atoms with Crippen LogP contribution in [0.15, 0.2) is 322 Å². The van der Waals surface area contributed by atoms with Crippen molar-refractivity contribution in [3.05, 3.63) is 366 Å². The monoisotopic (exact) mass is 1160 g/mol. The topological polar surface area (TPSA) is 57.2 Å². The van der Waals surface area contributed by atoms with Crippen LogP contribution in [0.3, 0.4) is 0 Å². The minimum atomic E-state index is -0.0669. The highest BCUT2D eigenvalue weighted by atomic mass is 16.5. The first-order chi connectivity index (χ1) is 44.5. The summed E-state index contributed by atoms with van der Waals surface area (Å²) in [4.78, 5) is 0. The van der Waals surface area contributed by atoms with Gasteiger partial charge in [0.25, 0.3) is 0 Å². The molecule has 90 heavy (non-hydrogen) atoms. The third-order valence-corrected chi connectivity index (χ3v) is 17.6. The SMILES string of the molecule is Oc1ccc2c3c(ccc2c1)Oc1ccc2cc(Cc4ccccc4)ccc2c1C3c1ccc(-c2ccccc2)cc1.c1ccc(Oc2ccc3c4c(ccc3c2)Oc2ccc3cc(Oc5ccccc5)ccc3c2C4c2ccc(-c3ccccc3)cc2)cc1. The normalized spacial score (nSPS) is 13.0. The van der Waals surface area contributed by atoms with Gasteiger partial charge in [-0.2, -0.15) is 0 Å². The van der Waals surface area contributed by atoms with Crippen LogP contribution in [-0.4, -0.2) is 5.11 Å². The minimum absolute atomic E-state index is 0.0366. The van der Waals surface area contributed by atoms with E-state index in [1.54, 1.807) is 6.07 Å². The van der Waals surface area contributed by atoms with Crippen molar-refractivity contribution in [3.63, 3.8) is 0 Å². The Morgan fingerprint density at radius 2 is 0.611 bits per heavy atom. The molecule has 15 aromatic carbocycles. The molecule has 1 unspecified atom stereocenters. The first-order valence-electron chi connectivity index (χ1n) is 30.6. The molecule has 0 saturated carbocycles. The van der Waals surface area contributed by atoms with Crippen molar-refractivity contribution in [3.8, 4) is 74.0 Å². The summed E-state index contributed by atoms with van der Waals surface area (Å²) in [5.74, 6) is 6.86. The maximum atomic E-state index is 10.3. The molecule has 428 valence electrons. The predicted molar refractivity (Wildman–Crippen MR) is 366 cm³/mol. The van der Waals surface area contributed by atoms with E-state index in [2.05, 4.69) is 224 Å². The Labute approximate surface area is 522 Å². The number of ether oxygens (including phenoxy) is 4. The zero-order valence-corrected chi connectivity index (χ0v) is 49.0. The zero-order valence-electron chi connectivity index (χ0n) is 49.0. The molecule has 2 aliphatic rings. The first-order valence-corrected chi connectivity index (χ1v) is 30.6. The van der Waals surface area contributed by atoms with Crippen LogP contribution in [0.5, 0.6) is 51.7 Å². The summed E-state index contributed by atoms with van der Waals surface area (Å²) in [6.07, 6.45) is 0.895. The van der Waals surface area contributed by atoms with Crippen molar-refractivity contribution < 1.29 is 24.1 Å². The maximum Gasteiger partial charge on any atom is 0.132 e. The van der Waals surface area contributed by atoms with Gasteiger partial charge in [-0.1, -0.05) is 237 Å². The number of rotatable bonds is 10. The Morgan fingerprint density at radius 1 is 0.267 bits per heavy atom. The molecule has 0 fully saturated rings. The van der Waals surface area contributed by atoms with Crippen LogP contribution in [0.1, 0.15) is 56.3 Å². The van der Waals surface area contributed by atoms with Crippen LogP contribution < -0.4 is 18.9 Å². The third-order valence-electron chi connectivity index (χ3n) is 17.6. The van der Waals surface area contributed by atoms with Gasteiger partial charge in [-0.05, 0) is 179 Å². The fraction of sp³-hybridized carbons (Fsp3) is 0.0353. The summed E-state index contributed by atoms with van der Waals surface area (Å²) in [6.45, 7) is 0. The van der Waals surface area contributed by atoms with Crippen LogP contribution in [0.4, 0.5) is 0 Å². The molecule has 2 aliphatic heterocycles. The van der Waals surface area contributed by atoms with Crippen LogP contribution in [0, 0.1) is 0 Å². The van der Waals surface area contributed by atoms with Gasteiger partial charge in [0.15, 0.2) is 0 Å². The second kappa shape index (κ2) is 23.2. The smallest absolute Gasteiger partial charge is 0.132 e. The zero-order chi connectivity index (χ0) is 59.9. The summed E-state index contributed by atoms with van der Waals surface area (Å²) in [7, 11) is 0. The molecule has 0 amide bonds. The highest BCUT2D eigenvalue weighted by Crippen LogP contribution is 2.55. The molecule has 15 aromatic rings. The quantitative estimate of drug-likeness (QED) is 0.148. The Hall–Kier alpha value is -11.7. The second-order valence-corrected chi connectivity index (χ2v) is 23.2. The van der Waals surface area contributed by atoms with Gasteiger partial charge >= 0.3 is 0 Å². The molecule has 1 N–H and O–H groups in total. The second-order valence-electron chi connectivity index (χ2n) is 23.2. The van der Waals surface area contributed by atoms with Crippen molar-refractivity contribution in [1.82, 2.24) is 0 Å². The molecule has 2 heterocycles. The molecular formula is C85H58O5. The molecule has 0 saturated heterocycles. The van der Waals surface area contributed by atoms with Gasteiger partial charge in [0.2, 0.25) is 0 Å². The van der Waals surface area contributed by atoms with Crippen LogP contribution in [0.25, 0.3) is 65.3 Å². The summed E-state index contributed by atoms with van der Waals surface area (Å²) in [6, 6.07) is 111. The van der Waals surface area contributed by atoms with Crippen LogP contribution >= 0.6 is 0 Å². The van der Waals surface area contributed by atoms with Crippen molar-refractivity contribution in [2.45, 2.75) is 18.3 Å². The summed E-state index contributed by atoms with van der Waals surface area (Å²) < 4.78 is 25.8. The maximum absolute atomic E-state index is 10.3. The third kappa shape index (κ3) is 10.4. The molecule has 1 atom stereocenters. The summed E-state index contributed by atoms with van der Waals surface area (Å²) in [5.41, 5.74) is 14.4. The number of aromatic hydroxyl groups is 1. The molecule has 5 nitrogen and oxygen atoms in total. The first kappa shape index (κ1) is 53.8. The van der Waals surface area contributed by atoms with E-state index >= 15 is 0 Å². The van der Waals surface area contributed by atoms with Gasteiger partial charge in [0, 0.05) is 34.1 Å². The predicted octanol–water partition coefficient (Wildman–Crippen LogP) is 22.8. The fourth-order valence-electron chi connectivity index (χ4n) is 13.4. The average Bonchev–Trinajstić information content (AvgIpc) is 0.760. The number of fused-ring (bicyclic) bond motifs is 12. The molecule has 0 radical (unpaired) electrons. The Morgan fingerprint density at radius 3 is 1.03 bits per heavy atom. The molecule has 0 spiro atoms. The van der Waals surface area contributed by atoms with Gasteiger partial charge in [0.1, 0.15) is 51.7 Å². The van der Waals surface area contributed by atoms with Gasteiger partial charge < -0.3 is 24.1 Å². The van der Waals surface area contributed by atoms with E-state index in [0.29, 0.717) is 0 Å². The lowest BCUT2D eigenvalue weighted by Gasteiger charge is -2.31. The van der Waals surface area contributed by atoms with Gasteiger partial charge in [0.05, 0.1) is 0 Å². The summed E-state index contributed by atoms with van der Waals surface area (Å²) in [5, 5.41) is 19.2. The largest absolute Gasteiger partial charge is 0.508 e. The van der Waals surface area contributed by atoms with Crippen molar-refractivity contribution in [2.24, 2.45) is 0 Å². The van der Waals surface area contributed by atoms with Gasteiger partial charge in [-0.25, -0.2) is 0 Å². The number of phenols is 1. The minimum Gasteiger partial charge on any atom is -0.508 e. The Balaban J connectivity index is 0.000000145. The lowest BCUT2D eigenvalue weighted by Crippen LogP contribution is -2.13. The Bertz CT molecular complexity index is 5000.